The summed E-state index contributed by atoms with van der Waals surface area (Å²) in [5, 5.41) is 3.52. The second kappa shape index (κ2) is 6.79. The molecule has 2 N–H and O–H groups in total. The maximum atomic E-state index is 12.1. The molecule has 1 aliphatic rings. The molecule has 1 fully saturated rings. The van der Waals surface area contributed by atoms with Crippen LogP contribution in [0.25, 0.3) is 16.6 Å². The van der Waals surface area contributed by atoms with Crippen molar-refractivity contribution in [2.24, 2.45) is 0 Å². The quantitative estimate of drug-likeness (QED) is 0.709. The fraction of sp³-hybridized carbons (Fsp3) is 0.421. The molecule has 0 aliphatic carbocycles. The van der Waals surface area contributed by atoms with Gasteiger partial charge in [-0.3, -0.25) is 4.79 Å². The highest BCUT2D eigenvalue weighted by atomic mass is 16.1. The Morgan fingerprint density at radius 1 is 1.08 bits per heavy atom. The second-order valence-corrected chi connectivity index (χ2v) is 6.65. The number of hydrogen-bond acceptors (Lipinski definition) is 3. The monoisotopic (exact) mass is 324 g/mol. The van der Waals surface area contributed by atoms with Crippen LogP contribution in [0.4, 0.5) is 0 Å². The van der Waals surface area contributed by atoms with Crippen LogP contribution in [0.15, 0.2) is 41.3 Å². The van der Waals surface area contributed by atoms with Crippen molar-refractivity contribution in [2.45, 2.75) is 25.8 Å². The van der Waals surface area contributed by atoms with Gasteiger partial charge in [0.05, 0.1) is 11.0 Å². The number of fused-ring (bicyclic) bond motifs is 3. The molecule has 126 valence electrons. The van der Waals surface area contributed by atoms with Crippen LogP contribution >= 0.6 is 0 Å². The van der Waals surface area contributed by atoms with E-state index >= 15 is 0 Å². The lowest BCUT2D eigenvalue weighted by Gasteiger charge is -2.26. The number of hydrogen-bond donors (Lipinski definition) is 2. The van der Waals surface area contributed by atoms with Gasteiger partial charge in [0.25, 0.3) is 5.56 Å². The summed E-state index contributed by atoms with van der Waals surface area (Å²) in [6.07, 6.45) is 6.00. The predicted octanol–water partition coefficient (Wildman–Crippen LogP) is 2.36. The summed E-state index contributed by atoms with van der Waals surface area (Å²) >= 11 is 0. The van der Waals surface area contributed by atoms with Gasteiger partial charge in [0.2, 0.25) is 0 Å². The van der Waals surface area contributed by atoms with Crippen molar-refractivity contribution < 1.29 is 0 Å². The highest BCUT2D eigenvalue weighted by molar-refractivity contribution is 5.78. The average Bonchev–Trinajstić information content (AvgIpc) is 3.10. The van der Waals surface area contributed by atoms with Gasteiger partial charge in [0.1, 0.15) is 5.52 Å². The van der Waals surface area contributed by atoms with Crippen LogP contribution in [0, 0.1) is 0 Å². The minimum Gasteiger partial charge on any atom is -0.319 e. The van der Waals surface area contributed by atoms with E-state index in [0.717, 1.165) is 30.7 Å². The number of nitrogens with one attached hydrogen (secondary N) is 2. The Bertz CT molecular complexity index is 889. The Hall–Kier alpha value is -2.11. The molecule has 2 aromatic heterocycles. The van der Waals surface area contributed by atoms with E-state index in [1.165, 1.54) is 37.9 Å². The number of aromatic nitrogens is 2. The van der Waals surface area contributed by atoms with Crippen LogP contribution in [0.5, 0.6) is 0 Å². The van der Waals surface area contributed by atoms with E-state index in [9.17, 15) is 4.79 Å². The third-order valence-electron chi connectivity index (χ3n) is 4.93. The third-order valence-corrected chi connectivity index (χ3v) is 4.93. The molecule has 5 nitrogen and oxygen atoms in total. The number of benzene rings is 1. The maximum Gasteiger partial charge on any atom is 0.272 e. The van der Waals surface area contributed by atoms with Gasteiger partial charge >= 0.3 is 0 Å². The molecular weight excluding hydrogens is 300 g/mol. The first-order valence-electron chi connectivity index (χ1n) is 8.86. The van der Waals surface area contributed by atoms with Gasteiger partial charge in [0.15, 0.2) is 0 Å². The van der Waals surface area contributed by atoms with E-state index in [1.54, 1.807) is 0 Å². The van der Waals surface area contributed by atoms with Gasteiger partial charge in [-0.25, -0.2) is 0 Å². The fourth-order valence-electron chi connectivity index (χ4n) is 3.62. The molecule has 3 heterocycles. The van der Waals surface area contributed by atoms with Gasteiger partial charge in [-0.15, -0.1) is 0 Å². The minimum atomic E-state index is -0.0392. The number of nitrogens with zero attached hydrogens (tertiary/aromatic N) is 2. The van der Waals surface area contributed by atoms with Crippen molar-refractivity contribution in [1.29, 1.82) is 0 Å². The summed E-state index contributed by atoms with van der Waals surface area (Å²) in [5.74, 6) is 0. The first-order valence-corrected chi connectivity index (χ1v) is 8.86. The molecule has 0 radical (unpaired) electrons. The molecule has 0 atom stereocenters. The summed E-state index contributed by atoms with van der Waals surface area (Å²) in [4.78, 5) is 17.6. The first kappa shape index (κ1) is 15.4. The zero-order valence-corrected chi connectivity index (χ0v) is 13.9. The van der Waals surface area contributed by atoms with Crippen molar-refractivity contribution >= 4 is 16.6 Å². The molecule has 4 rings (SSSR count). The average molecular weight is 324 g/mol. The normalized spacial score (nSPS) is 16.2. The Labute approximate surface area is 141 Å². The number of aromatic amines is 1. The van der Waals surface area contributed by atoms with Gasteiger partial charge in [-0.05, 0) is 55.8 Å². The molecule has 1 aliphatic heterocycles. The van der Waals surface area contributed by atoms with Gasteiger partial charge in [-0.2, -0.15) is 0 Å². The first-order chi connectivity index (χ1) is 11.8. The summed E-state index contributed by atoms with van der Waals surface area (Å²) in [6, 6.07) is 10.0. The van der Waals surface area contributed by atoms with Crippen LogP contribution in [0.3, 0.4) is 0 Å². The maximum absolute atomic E-state index is 12.1. The van der Waals surface area contributed by atoms with Crippen LogP contribution in [0.1, 0.15) is 24.8 Å². The van der Waals surface area contributed by atoms with Crippen molar-refractivity contribution in [3.05, 3.63) is 52.4 Å². The fourth-order valence-corrected chi connectivity index (χ4v) is 3.62. The molecule has 0 unspecified atom stereocenters. The summed E-state index contributed by atoms with van der Waals surface area (Å²) in [6.45, 7) is 5.44. The Kier molecular flexibility index (Phi) is 4.36. The molecule has 5 heteroatoms. The third kappa shape index (κ3) is 3.09. The van der Waals surface area contributed by atoms with Crippen LogP contribution in [-0.2, 0) is 6.54 Å². The van der Waals surface area contributed by atoms with Gasteiger partial charge < -0.3 is 19.6 Å². The lowest BCUT2D eigenvalue weighted by Crippen LogP contribution is -2.35. The number of rotatable bonds is 5. The predicted molar refractivity (Wildman–Crippen MR) is 97.5 cm³/mol. The molecule has 0 bridgehead atoms. The highest BCUT2D eigenvalue weighted by Gasteiger charge is 2.09. The molecular formula is C19H24N4O. The topological polar surface area (TPSA) is 52.5 Å². The number of H-pyrrole nitrogens is 1. The van der Waals surface area contributed by atoms with E-state index in [-0.39, 0.29) is 5.56 Å². The van der Waals surface area contributed by atoms with Crippen LogP contribution in [0.2, 0.25) is 0 Å². The largest absolute Gasteiger partial charge is 0.319 e. The standard InChI is InChI=1S/C19H24N4O/c24-19-18-5-4-11-23(18)17-7-6-15(13-16(17)21-19)14-20-8-12-22-9-2-1-3-10-22/h4-7,11,13,20H,1-3,8-10,12,14H2,(H,21,24). The molecule has 0 amide bonds. The summed E-state index contributed by atoms with van der Waals surface area (Å²) in [5.41, 5.74) is 3.77. The molecule has 24 heavy (non-hydrogen) atoms. The highest BCUT2D eigenvalue weighted by Crippen LogP contribution is 2.15. The minimum absolute atomic E-state index is 0.0392. The molecule has 0 saturated carbocycles. The van der Waals surface area contributed by atoms with Crippen LogP contribution in [-0.4, -0.2) is 40.5 Å². The van der Waals surface area contributed by atoms with Crippen molar-refractivity contribution in [1.82, 2.24) is 19.6 Å². The lowest BCUT2D eigenvalue weighted by molar-refractivity contribution is 0.229. The SMILES string of the molecule is O=c1[nH]c2cc(CNCCN3CCCCC3)ccc2n2cccc12. The zero-order chi connectivity index (χ0) is 16.4. The summed E-state index contributed by atoms with van der Waals surface area (Å²) in [7, 11) is 0. The molecule has 1 aromatic carbocycles. The van der Waals surface area contributed by atoms with Crippen molar-refractivity contribution in [2.75, 3.05) is 26.2 Å². The number of piperidine rings is 1. The molecule has 3 aromatic rings. The van der Waals surface area contributed by atoms with Gasteiger partial charge in [0, 0.05) is 25.8 Å². The van der Waals surface area contributed by atoms with E-state index < -0.39 is 0 Å². The van der Waals surface area contributed by atoms with E-state index in [0.29, 0.717) is 5.52 Å². The van der Waals surface area contributed by atoms with Crippen molar-refractivity contribution in [3.8, 4) is 0 Å². The van der Waals surface area contributed by atoms with Crippen LogP contribution < -0.4 is 10.9 Å². The van der Waals surface area contributed by atoms with E-state index in [4.69, 9.17) is 0 Å². The molecule has 1 saturated heterocycles. The number of likely N-dealkylation sites (tertiary alicyclic amines) is 1. The van der Waals surface area contributed by atoms with Crippen molar-refractivity contribution in [3.63, 3.8) is 0 Å². The zero-order valence-electron chi connectivity index (χ0n) is 13.9. The molecule has 0 spiro atoms. The second-order valence-electron chi connectivity index (χ2n) is 6.65. The Morgan fingerprint density at radius 3 is 2.83 bits per heavy atom. The summed E-state index contributed by atoms with van der Waals surface area (Å²) < 4.78 is 1.95. The lowest BCUT2D eigenvalue weighted by atomic mass is 10.1. The smallest absolute Gasteiger partial charge is 0.272 e. The van der Waals surface area contributed by atoms with E-state index in [2.05, 4.69) is 33.4 Å². The van der Waals surface area contributed by atoms with E-state index in [1.807, 2.05) is 22.7 Å². The Morgan fingerprint density at radius 2 is 1.96 bits per heavy atom. The Balaban J connectivity index is 1.43. The van der Waals surface area contributed by atoms with Gasteiger partial charge in [-0.1, -0.05) is 12.5 Å².